The molecule has 0 bridgehead atoms. The molecule has 0 spiro atoms. The van der Waals surface area contributed by atoms with Crippen molar-refractivity contribution >= 4 is 23.2 Å². The summed E-state index contributed by atoms with van der Waals surface area (Å²) in [6.07, 6.45) is 2.04. The fourth-order valence-electron chi connectivity index (χ4n) is 5.11. The van der Waals surface area contributed by atoms with Gasteiger partial charge in [-0.2, -0.15) is 0 Å². The van der Waals surface area contributed by atoms with E-state index in [1.54, 1.807) is 29.2 Å². The summed E-state index contributed by atoms with van der Waals surface area (Å²) in [5, 5.41) is 2.98. The molecule has 6 rings (SSSR count). The topological polar surface area (TPSA) is 63.6 Å². The third-order valence-corrected chi connectivity index (χ3v) is 7.06. The Morgan fingerprint density at radius 3 is 2.38 bits per heavy atom. The summed E-state index contributed by atoms with van der Waals surface area (Å²) in [5.74, 6) is -0.00899. The molecule has 0 saturated heterocycles. The quantitative estimate of drug-likeness (QED) is 0.287. The molecule has 6 heteroatoms. The third-order valence-electron chi connectivity index (χ3n) is 7.06. The minimum atomic E-state index is -0.238. The first-order valence-corrected chi connectivity index (χ1v) is 12.8. The largest absolute Gasteiger partial charge is 0.496 e. The molecule has 0 radical (unpaired) electrons. The van der Waals surface area contributed by atoms with Gasteiger partial charge in [0.25, 0.3) is 11.8 Å². The molecule has 1 aliphatic heterocycles. The Balaban J connectivity index is 1.30. The molecule has 5 aromatic rings. The number of para-hydroxylation sites is 1. The van der Waals surface area contributed by atoms with E-state index in [0.717, 1.165) is 28.1 Å². The SMILES string of the molecule is COc1cc(NC(=O)c2ccccc2-c2ccccc2)ccc1C(=O)N1Cc2cccn2Cc2ccccc21. The van der Waals surface area contributed by atoms with Crippen molar-refractivity contribution in [3.63, 3.8) is 0 Å². The Labute approximate surface area is 227 Å². The van der Waals surface area contributed by atoms with Crippen LogP contribution in [0.2, 0.25) is 0 Å². The van der Waals surface area contributed by atoms with Gasteiger partial charge in [-0.1, -0.05) is 66.7 Å². The summed E-state index contributed by atoms with van der Waals surface area (Å²) >= 11 is 0. The zero-order valence-electron chi connectivity index (χ0n) is 21.5. The number of nitrogens with one attached hydrogen (secondary N) is 1. The van der Waals surface area contributed by atoms with Crippen LogP contribution >= 0.6 is 0 Å². The number of ether oxygens (including phenoxy) is 1. The van der Waals surface area contributed by atoms with Crippen LogP contribution in [0.4, 0.5) is 11.4 Å². The zero-order chi connectivity index (χ0) is 26.8. The standard InChI is InChI=1S/C33H27N3O3/c1-39-31-20-25(34-32(37)28-15-7-6-14-27(28)23-10-3-2-4-11-23)17-18-29(31)33(38)36-22-26-13-9-19-35(26)21-24-12-5-8-16-30(24)36/h2-20H,21-22H2,1H3,(H,34,37). The number of carbonyl (C=O) groups excluding carboxylic acids is 2. The number of carbonyl (C=O) groups is 2. The van der Waals surface area contributed by atoms with Gasteiger partial charge in [0.05, 0.1) is 19.2 Å². The van der Waals surface area contributed by atoms with Gasteiger partial charge < -0.3 is 19.5 Å². The van der Waals surface area contributed by atoms with E-state index < -0.39 is 0 Å². The minimum absolute atomic E-state index is 0.166. The molecule has 0 fully saturated rings. The number of anilines is 2. The van der Waals surface area contributed by atoms with Crippen LogP contribution in [0, 0.1) is 0 Å². The summed E-state index contributed by atoms with van der Waals surface area (Å²) in [7, 11) is 1.53. The molecular formula is C33H27N3O3. The third kappa shape index (κ3) is 4.68. The molecule has 39 heavy (non-hydrogen) atoms. The number of benzene rings is 4. The lowest BCUT2D eigenvalue weighted by Gasteiger charge is -2.24. The normalized spacial score (nSPS) is 12.2. The lowest BCUT2D eigenvalue weighted by molar-refractivity contribution is 0.0981. The Morgan fingerprint density at radius 1 is 0.769 bits per heavy atom. The maximum atomic E-state index is 13.9. The van der Waals surface area contributed by atoms with Gasteiger partial charge in [0, 0.05) is 41.4 Å². The molecule has 2 amide bonds. The highest BCUT2D eigenvalue weighted by molar-refractivity contribution is 6.11. The predicted octanol–water partition coefficient (Wildman–Crippen LogP) is 6.62. The number of rotatable bonds is 5. The first-order valence-electron chi connectivity index (χ1n) is 12.8. The minimum Gasteiger partial charge on any atom is -0.496 e. The molecule has 1 aliphatic rings. The highest BCUT2D eigenvalue weighted by atomic mass is 16.5. The van der Waals surface area contributed by atoms with Gasteiger partial charge in [0.1, 0.15) is 5.75 Å². The molecule has 2 heterocycles. The molecule has 0 aliphatic carbocycles. The van der Waals surface area contributed by atoms with Gasteiger partial charge in [0.15, 0.2) is 0 Å². The van der Waals surface area contributed by atoms with Crippen LogP contribution in [0.3, 0.4) is 0 Å². The average molecular weight is 514 g/mol. The van der Waals surface area contributed by atoms with E-state index in [1.165, 1.54) is 7.11 Å². The van der Waals surface area contributed by atoms with Crippen molar-refractivity contribution in [2.24, 2.45) is 0 Å². The Morgan fingerprint density at radius 2 is 1.54 bits per heavy atom. The summed E-state index contributed by atoms with van der Waals surface area (Å²) in [6, 6.07) is 34.5. The summed E-state index contributed by atoms with van der Waals surface area (Å²) in [6.45, 7) is 1.15. The van der Waals surface area contributed by atoms with E-state index in [2.05, 4.69) is 9.88 Å². The molecule has 4 aromatic carbocycles. The Bertz CT molecular complexity index is 1670. The monoisotopic (exact) mass is 513 g/mol. The van der Waals surface area contributed by atoms with Gasteiger partial charge in [-0.15, -0.1) is 0 Å². The molecular weight excluding hydrogens is 486 g/mol. The molecule has 0 atom stereocenters. The van der Waals surface area contributed by atoms with Crippen LogP contribution in [-0.2, 0) is 13.1 Å². The molecule has 6 nitrogen and oxygen atoms in total. The van der Waals surface area contributed by atoms with Crippen molar-refractivity contribution < 1.29 is 14.3 Å². The predicted molar refractivity (Wildman–Crippen MR) is 153 cm³/mol. The molecule has 192 valence electrons. The number of amides is 2. The van der Waals surface area contributed by atoms with Crippen LogP contribution in [0.15, 0.2) is 115 Å². The highest BCUT2D eigenvalue weighted by Crippen LogP contribution is 2.32. The van der Waals surface area contributed by atoms with Gasteiger partial charge in [-0.25, -0.2) is 0 Å². The van der Waals surface area contributed by atoms with Crippen molar-refractivity contribution in [3.05, 3.63) is 138 Å². The fourth-order valence-corrected chi connectivity index (χ4v) is 5.11. The molecule has 0 unspecified atom stereocenters. The second kappa shape index (κ2) is 10.3. The number of methoxy groups -OCH3 is 1. The van der Waals surface area contributed by atoms with Crippen molar-refractivity contribution in [2.75, 3.05) is 17.3 Å². The van der Waals surface area contributed by atoms with Crippen LogP contribution in [0.1, 0.15) is 32.0 Å². The fraction of sp³-hybridized carbons (Fsp3) is 0.0909. The highest BCUT2D eigenvalue weighted by Gasteiger charge is 2.27. The van der Waals surface area contributed by atoms with Gasteiger partial charge in [0.2, 0.25) is 0 Å². The lowest BCUT2D eigenvalue weighted by Crippen LogP contribution is -2.31. The van der Waals surface area contributed by atoms with Crippen LogP contribution < -0.4 is 15.0 Å². The number of hydrogen-bond donors (Lipinski definition) is 1. The second-order valence-electron chi connectivity index (χ2n) is 9.43. The van der Waals surface area contributed by atoms with Crippen molar-refractivity contribution in [1.29, 1.82) is 0 Å². The maximum Gasteiger partial charge on any atom is 0.262 e. The number of hydrogen-bond acceptors (Lipinski definition) is 3. The summed E-state index contributed by atoms with van der Waals surface area (Å²) in [5.41, 5.74) is 6.34. The number of fused-ring (bicyclic) bond motifs is 2. The van der Waals surface area contributed by atoms with Crippen LogP contribution in [-0.4, -0.2) is 23.5 Å². The van der Waals surface area contributed by atoms with Crippen LogP contribution in [0.5, 0.6) is 5.75 Å². The number of aromatic nitrogens is 1. The van der Waals surface area contributed by atoms with E-state index in [4.69, 9.17) is 4.74 Å². The Hall–Kier alpha value is -5.10. The Kier molecular flexibility index (Phi) is 6.43. The van der Waals surface area contributed by atoms with E-state index >= 15 is 0 Å². The summed E-state index contributed by atoms with van der Waals surface area (Å²) in [4.78, 5) is 29.0. The lowest BCUT2D eigenvalue weighted by atomic mass is 9.99. The van der Waals surface area contributed by atoms with E-state index in [9.17, 15) is 9.59 Å². The smallest absolute Gasteiger partial charge is 0.262 e. The van der Waals surface area contributed by atoms with E-state index in [1.807, 2.05) is 91.1 Å². The van der Waals surface area contributed by atoms with E-state index in [0.29, 0.717) is 35.7 Å². The number of nitrogens with zero attached hydrogens (tertiary/aromatic N) is 2. The average Bonchev–Trinajstić information content (AvgIpc) is 3.36. The zero-order valence-corrected chi connectivity index (χ0v) is 21.5. The summed E-state index contributed by atoms with van der Waals surface area (Å²) < 4.78 is 7.81. The molecule has 1 aromatic heterocycles. The van der Waals surface area contributed by atoms with Crippen molar-refractivity contribution in [3.8, 4) is 16.9 Å². The molecule has 1 N–H and O–H groups in total. The van der Waals surface area contributed by atoms with Gasteiger partial charge in [-0.3, -0.25) is 9.59 Å². The van der Waals surface area contributed by atoms with Gasteiger partial charge >= 0.3 is 0 Å². The first-order chi connectivity index (χ1) is 19.1. The van der Waals surface area contributed by atoms with Crippen molar-refractivity contribution in [1.82, 2.24) is 4.57 Å². The second-order valence-corrected chi connectivity index (χ2v) is 9.43. The maximum absolute atomic E-state index is 13.9. The first kappa shape index (κ1) is 24.2. The van der Waals surface area contributed by atoms with Crippen LogP contribution in [0.25, 0.3) is 11.1 Å². The van der Waals surface area contributed by atoms with Crippen molar-refractivity contribution in [2.45, 2.75) is 13.1 Å². The van der Waals surface area contributed by atoms with E-state index in [-0.39, 0.29) is 11.8 Å². The van der Waals surface area contributed by atoms with Gasteiger partial charge in [-0.05, 0) is 53.1 Å². The molecule has 0 saturated carbocycles.